The molecule has 1 aromatic rings. The van der Waals surface area contributed by atoms with Gasteiger partial charge in [0.1, 0.15) is 0 Å². The molecular formula is C13H15F3N2O3. The number of hydrogen-bond acceptors (Lipinski definition) is 3. The highest BCUT2D eigenvalue weighted by atomic mass is 19.4. The van der Waals surface area contributed by atoms with Crippen LogP contribution in [0.4, 0.5) is 18.9 Å². The minimum atomic E-state index is -4.69. The van der Waals surface area contributed by atoms with Gasteiger partial charge in [-0.2, -0.15) is 13.2 Å². The van der Waals surface area contributed by atoms with Gasteiger partial charge in [-0.1, -0.05) is 6.92 Å². The molecule has 8 heteroatoms. The van der Waals surface area contributed by atoms with E-state index in [0.717, 1.165) is 6.07 Å². The van der Waals surface area contributed by atoms with Crippen LogP contribution in [0.25, 0.3) is 0 Å². The zero-order valence-electron chi connectivity index (χ0n) is 11.3. The molecule has 0 saturated carbocycles. The van der Waals surface area contributed by atoms with Crippen molar-refractivity contribution in [1.29, 1.82) is 0 Å². The SMILES string of the molecule is CCNCCC(=O)Nc1cc(C(=O)O)cc(C(F)(F)F)c1. The molecule has 0 radical (unpaired) electrons. The van der Waals surface area contributed by atoms with Crippen molar-refractivity contribution in [3.05, 3.63) is 29.3 Å². The Morgan fingerprint density at radius 2 is 1.90 bits per heavy atom. The molecule has 0 aliphatic carbocycles. The molecule has 0 aliphatic heterocycles. The van der Waals surface area contributed by atoms with Crippen molar-refractivity contribution >= 4 is 17.6 Å². The van der Waals surface area contributed by atoms with Crippen molar-refractivity contribution in [3.8, 4) is 0 Å². The molecular weight excluding hydrogens is 289 g/mol. The lowest BCUT2D eigenvalue weighted by atomic mass is 10.1. The second kappa shape index (κ2) is 7.07. The first kappa shape index (κ1) is 17.0. The summed E-state index contributed by atoms with van der Waals surface area (Å²) in [6.07, 6.45) is -4.61. The van der Waals surface area contributed by atoms with Gasteiger partial charge in [0.2, 0.25) is 5.91 Å². The molecule has 0 bridgehead atoms. The maximum atomic E-state index is 12.7. The number of hydrogen-bond donors (Lipinski definition) is 3. The Morgan fingerprint density at radius 1 is 1.24 bits per heavy atom. The Hall–Kier alpha value is -2.09. The average Bonchev–Trinajstić information content (AvgIpc) is 2.37. The second-order valence-corrected chi connectivity index (χ2v) is 4.25. The van der Waals surface area contributed by atoms with Crippen LogP contribution in [-0.4, -0.2) is 30.1 Å². The number of carbonyl (C=O) groups excluding carboxylic acids is 1. The fourth-order valence-corrected chi connectivity index (χ4v) is 1.59. The van der Waals surface area contributed by atoms with E-state index in [1.807, 2.05) is 6.92 Å². The third-order valence-electron chi connectivity index (χ3n) is 2.57. The first-order valence-corrected chi connectivity index (χ1v) is 6.20. The lowest BCUT2D eigenvalue weighted by Crippen LogP contribution is -2.21. The van der Waals surface area contributed by atoms with Crippen LogP contribution in [0.2, 0.25) is 0 Å². The summed E-state index contributed by atoms with van der Waals surface area (Å²) in [5.74, 6) is -1.99. The van der Waals surface area contributed by atoms with E-state index in [9.17, 15) is 22.8 Å². The van der Waals surface area contributed by atoms with E-state index < -0.39 is 29.2 Å². The zero-order valence-corrected chi connectivity index (χ0v) is 11.3. The zero-order chi connectivity index (χ0) is 16.0. The monoisotopic (exact) mass is 304 g/mol. The van der Waals surface area contributed by atoms with Crippen molar-refractivity contribution in [2.24, 2.45) is 0 Å². The van der Waals surface area contributed by atoms with E-state index in [4.69, 9.17) is 5.11 Å². The highest BCUT2D eigenvalue weighted by molar-refractivity contribution is 5.94. The van der Waals surface area contributed by atoms with Crippen LogP contribution < -0.4 is 10.6 Å². The number of nitrogens with one attached hydrogen (secondary N) is 2. The fraction of sp³-hybridized carbons (Fsp3) is 0.385. The summed E-state index contributed by atoms with van der Waals surface area (Å²) in [7, 11) is 0. The average molecular weight is 304 g/mol. The van der Waals surface area contributed by atoms with Crippen molar-refractivity contribution in [2.75, 3.05) is 18.4 Å². The summed E-state index contributed by atoms with van der Waals surface area (Å²) in [4.78, 5) is 22.4. The molecule has 0 fully saturated rings. The first-order chi connectivity index (χ1) is 9.74. The van der Waals surface area contributed by atoms with Crippen LogP contribution >= 0.6 is 0 Å². The third-order valence-corrected chi connectivity index (χ3v) is 2.57. The molecule has 1 amide bonds. The van der Waals surface area contributed by atoms with Gasteiger partial charge < -0.3 is 15.7 Å². The molecule has 0 atom stereocenters. The largest absolute Gasteiger partial charge is 0.478 e. The molecule has 21 heavy (non-hydrogen) atoms. The van der Waals surface area contributed by atoms with Crippen molar-refractivity contribution in [2.45, 2.75) is 19.5 Å². The number of rotatable bonds is 6. The quantitative estimate of drug-likeness (QED) is 0.705. The van der Waals surface area contributed by atoms with Gasteiger partial charge in [-0.25, -0.2) is 4.79 Å². The van der Waals surface area contributed by atoms with E-state index in [1.165, 1.54) is 0 Å². The summed E-state index contributed by atoms with van der Waals surface area (Å²) in [5.41, 5.74) is -1.85. The van der Waals surface area contributed by atoms with Crippen LogP contribution in [-0.2, 0) is 11.0 Å². The van der Waals surface area contributed by atoms with Crippen LogP contribution in [0.15, 0.2) is 18.2 Å². The van der Waals surface area contributed by atoms with Gasteiger partial charge in [0.25, 0.3) is 0 Å². The van der Waals surface area contributed by atoms with E-state index in [0.29, 0.717) is 25.2 Å². The molecule has 116 valence electrons. The van der Waals surface area contributed by atoms with Gasteiger partial charge >= 0.3 is 12.1 Å². The maximum Gasteiger partial charge on any atom is 0.416 e. The van der Waals surface area contributed by atoms with Gasteiger partial charge in [0.05, 0.1) is 11.1 Å². The Kier molecular flexibility index (Phi) is 5.71. The van der Waals surface area contributed by atoms with Crippen LogP contribution in [0.1, 0.15) is 29.3 Å². The highest BCUT2D eigenvalue weighted by Gasteiger charge is 2.32. The summed E-state index contributed by atoms with van der Waals surface area (Å²) >= 11 is 0. The maximum absolute atomic E-state index is 12.7. The molecule has 0 saturated heterocycles. The second-order valence-electron chi connectivity index (χ2n) is 4.25. The van der Waals surface area contributed by atoms with Crippen LogP contribution in [0.3, 0.4) is 0 Å². The lowest BCUT2D eigenvalue weighted by molar-refractivity contribution is -0.137. The number of aromatic carboxylic acids is 1. The summed E-state index contributed by atoms with van der Waals surface area (Å²) in [6.45, 7) is 2.90. The Balaban J connectivity index is 2.93. The molecule has 1 aromatic carbocycles. The number of benzene rings is 1. The minimum absolute atomic E-state index is 0.0759. The van der Waals surface area contributed by atoms with Gasteiger partial charge in [0.15, 0.2) is 0 Å². The Bertz CT molecular complexity index is 530. The van der Waals surface area contributed by atoms with Gasteiger partial charge in [0, 0.05) is 18.7 Å². The Morgan fingerprint density at radius 3 is 2.43 bits per heavy atom. The van der Waals surface area contributed by atoms with Crippen molar-refractivity contribution in [3.63, 3.8) is 0 Å². The summed E-state index contributed by atoms with van der Waals surface area (Å²) in [5, 5.41) is 14.0. The van der Waals surface area contributed by atoms with Gasteiger partial charge in [-0.05, 0) is 24.7 Å². The standard InChI is InChI=1S/C13H15F3N2O3/c1-2-17-4-3-11(19)18-10-6-8(12(20)21)5-9(7-10)13(14,15)16/h5-7,17H,2-4H2,1H3,(H,18,19)(H,20,21). The fourth-order valence-electron chi connectivity index (χ4n) is 1.59. The smallest absolute Gasteiger partial charge is 0.416 e. The molecule has 5 nitrogen and oxygen atoms in total. The third kappa shape index (κ3) is 5.42. The number of amides is 1. The number of carboxylic acid groups (broad SMARTS) is 1. The van der Waals surface area contributed by atoms with Crippen LogP contribution in [0, 0.1) is 0 Å². The molecule has 0 aliphatic rings. The van der Waals surface area contributed by atoms with E-state index >= 15 is 0 Å². The lowest BCUT2D eigenvalue weighted by Gasteiger charge is -2.11. The molecule has 0 heterocycles. The number of alkyl halides is 3. The predicted molar refractivity (Wildman–Crippen MR) is 70.2 cm³/mol. The number of carbonyl (C=O) groups is 2. The van der Waals surface area contributed by atoms with Gasteiger partial charge in [-0.15, -0.1) is 0 Å². The first-order valence-electron chi connectivity index (χ1n) is 6.20. The molecule has 3 N–H and O–H groups in total. The molecule has 0 spiro atoms. The van der Waals surface area contributed by atoms with E-state index in [2.05, 4.69) is 10.6 Å². The summed E-state index contributed by atoms with van der Waals surface area (Å²) < 4.78 is 38.0. The van der Waals surface area contributed by atoms with Gasteiger partial charge in [-0.3, -0.25) is 4.79 Å². The molecule has 0 aromatic heterocycles. The van der Waals surface area contributed by atoms with E-state index in [-0.39, 0.29) is 12.1 Å². The predicted octanol–water partition coefficient (Wildman–Crippen LogP) is 2.34. The van der Waals surface area contributed by atoms with Crippen molar-refractivity contribution < 1.29 is 27.9 Å². The molecule has 0 unspecified atom stereocenters. The Labute approximate surface area is 119 Å². The van der Waals surface area contributed by atoms with Crippen LogP contribution in [0.5, 0.6) is 0 Å². The van der Waals surface area contributed by atoms with Crippen molar-refractivity contribution in [1.82, 2.24) is 5.32 Å². The number of anilines is 1. The number of halogens is 3. The summed E-state index contributed by atoms with van der Waals surface area (Å²) in [6, 6.07) is 2.22. The molecule has 1 rings (SSSR count). The minimum Gasteiger partial charge on any atom is -0.478 e. The normalized spacial score (nSPS) is 11.2. The topological polar surface area (TPSA) is 78.4 Å². The van der Waals surface area contributed by atoms with E-state index in [1.54, 1.807) is 0 Å². The number of carboxylic acids is 1. The highest BCUT2D eigenvalue weighted by Crippen LogP contribution is 2.32.